The lowest BCUT2D eigenvalue weighted by Crippen LogP contribution is -2.22. The van der Waals surface area contributed by atoms with E-state index in [1.165, 1.54) is 20.3 Å². The van der Waals surface area contributed by atoms with Gasteiger partial charge >= 0.3 is 6.09 Å². The molecule has 3 amide bonds. The molecule has 0 saturated heterocycles. The van der Waals surface area contributed by atoms with Crippen LogP contribution in [0, 0.1) is 5.92 Å². The number of alkyl carbamates (subject to hydrolysis) is 1. The normalized spacial score (nSPS) is 14.0. The summed E-state index contributed by atoms with van der Waals surface area (Å²) in [4.78, 5) is 40.5. The molecule has 1 aliphatic carbocycles. The van der Waals surface area contributed by atoms with Crippen LogP contribution >= 0.6 is 0 Å². The van der Waals surface area contributed by atoms with Crippen molar-refractivity contribution in [2.24, 2.45) is 5.92 Å². The topological polar surface area (TPSA) is 182 Å². The summed E-state index contributed by atoms with van der Waals surface area (Å²) < 4.78 is 37.3. The number of para-hydroxylation sites is 1. The number of nitrogens with zero attached hydrogens (tertiary/aromatic N) is 4. The fraction of sp³-hybridized carbons (Fsp3) is 0.318. The summed E-state index contributed by atoms with van der Waals surface area (Å²) in [6, 6.07) is 6.28. The van der Waals surface area contributed by atoms with Gasteiger partial charge in [0.15, 0.2) is 17.3 Å². The molecular formula is C22H24N8O6. The van der Waals surface area contributed by atoms with Gasteiger partial charge in [-0.25, -0.2) is 4.79 Å². The molecule has 0 bridgehead atoms. The van der Waals surface area contributed by atoms with E-state index in [9.17, 15) is 14.4 Å². The molecule has 4 rings (SSSR count). The van der Waals surface area contributed by atoms with Crippen molar-refractivity contribution >= 4 is 35.1 Å². The van der Waals surface area contributed by atoms with Crippen molar-refractivity contribution in [3.05, 3.63) is 35.9 Å². The highest BCUT2D eigenvalue weighted by Gasteiger charge is 2.30. The Morgan fingerprint density at radius 2 is 2.03 bits per heavy atom. The first-order valence-electron chi connectivity index (χ1n) is 12.2. The van der Waals surface area contributed by atoms with Crippen LogP contribution in [0.3, 0.4) is 0 Å². The van der Waals surface area contributed by atoms with Crippen LogP contribution in [0.2, 0.25) is 0 Å². The average Bonchev–Trinajstić information content (AvgIpc) is 3.64. The number of carbonyl (C=O) groups excluding carboxylic acids is 3. The van der Waals surface area contributed by atoms with Gasteiger partial charge in [0.1, 0.15) is 6.54 Å². The number of nitrogens with one attached hydrogen (secondary N) is 4. The van der Waals surface area contributed by atoms with Gasteiger partial charge in [-0.3, -0.25) is 9.59 Å². The highest BCUT2D eigenvalue weighted by atomic mass is 16.5. The second-order valence-corrected chi connectivity index (χ2v) is 7.58. The molecule has 1 fully saturated rings. The largest absolute Gasteiger partial charge is 0.494 e. The zero-order valence-corrected chi connectivity index (χ0v) is 19.2. The second-order valence-electron chi connectivity index (χ2n) is 7.58. The lowest BCUT2D eigenvalue weighted by molar-refractivity contribution is -0.117. The van der Waals surface area contributed by atoms with Gasteiger partial charge < -0.3 is 35.3 Å². The Bertz CT molecular complexity index is 1390. The van der Waals surface area contributed by atoms with Crippen LogP contribution in [0.15, 0.2) is 28.8 Å². The highest BCUT2D eigenvalue weighted by Crippen LogP contribution is 2.37. The molecule has 0 spiro atoms. The summed E-state index contributed by atoms with van der Waals surface area (Å²) in [5, 5.41) is 21.6. The third-order valence-corrected chi connectivity index (χ3v) is 5.09. The van der Waals surface area contributed by atoms with Crippen LogP contribution in [0.1, 0.15) is 33.3 Å². The fourth-order valence-electron chi connectivity index (χ4n) is 3.18. The fourth-order valence-corrected chi connectivity index (χ4v) is 3.18. The highest BCUT2D eigenvalue weighted by molar-refractivity contribution is 6.00. The van der Waals surface area contributed by atoms with Gasteiger partial charge in [0.2, 0.25) is 17.6 Å². The molecule has 0 unspecified atom stereocenters. The van der Waals surface area contributed by atoms with Gasteiger partial charge in [-0.2, -0.15) is 4.98 Å². The maximum absolute atomic E-state index is 12.7. The first-order valence-corrected chi connectivity index (χ1v) is 10.7. The van der Waals surface area contributed by atoms with E-state index in [-0.39, 0.29) is 53.0 Å². The van der Waals surface area contributed by atoms with Gasteiger partial charge in [-0.1, -0.05) is 11.2 Å². The van der Waals surface area contributed by atoms with E-state index in [4.69, 9.17) is 13.4 Å². The second kappa shape index (κ2) is 10.7. The van der Waals surface area contributed by atoms with E-state index in [1.807, 2.05) is 5.32 Å². The molecule has 188 valence electrons. The Kier molecular flexibility index (Phi) is 6.11. The van der Waals surface area contributed by atoms with Crippen LogP contribution in [0.4, 0.5) is 22.0 Å². The van der Waals surface area contributed by atoms with Crippen molar-refractivity contribution in [1.29, 1.82) is 0 Å². The molecule has 0 atom stereocenters. The van der Waals surface area contributed by atoms with Crippen LogP contribution in [0.5, 0.6) is 5.75 Å². The third-order valence-electron chi connectivity index (χ3n) is 5.09. The number of hydrogen-bond acceptors (Lipinski definition) is 11. The zero-order valence-electron chi connectivity index (χ0n) is 22.2. The molecule has 0 aliphatic heterocycles. The minimum atomic E-state index is -2.77. The number of aromatic nitrogens is 4. The predicted molar refractivity (Wildman–Crippen MR) is 126 cm³/mol. The standard InChI is InChI=1S/C22H24N8O6/c1-23-21(32)17-14(9-15(28-29-17)26-20(31)11-7-8-11)25-13-6-4-5-12(18(13)34-2)19-27-16(36-30-19)10-24-22(33)35-3/h4-6,9,11H,7-8,10H2,1-3H3,(H,23,32)(H,24,33)(H2,25,26,28,31)/i1D3. The van der Waals surface area contributed by atoms with Gasteiger partial charge in [0, 0.05) is 23.1 Å². The van der Waals surface area contributed by atoms with E-state index < -0.39 is 19.0 Å². The summed E-state index contributed by atoms with van der Waals surface area (Å²) in [7, 11) is 2.62. The number of benzene rings is 1. The number of hydrogen-bond donors (Lipinski definition) is 4. The summed E-state index contributed by atoms with van der Waals surface area (Å²) in [6.07, 6.45) is 0.865. The molecule has 14 heteroatoms. The van der Waals surface area contributed by atoms with Crippen molar-refractivity contribution in [3.63, 3.8) is 0 Å². The van der Waals surface area contributed by atoms with Crippen LogP contribution in [0.25, 0.3) is 11.4 Å². The van der Waals surface area contributed by atoms with Crippen LogP contribution < -0.4 is 26.0 Å². The number of carbonyl (C=O) groups is 3. The van der Waals surface area contributed by atoms with Gasteiger partial charge in [0.05, 0.1) is 31.2 Å². The summed E-state index contributed by atoms with van der Waals surface area (Å²) in [5.74, 6) is -0.799. The SMILES string of the molecule is [2H]C([2H])([2H])NC(=O)c1nnc(NC(=O)C2CC2)cc1Nc1cccc(-c2noc(CNC(=O)OC)n2)c1OC. The maximum Gasteiger partial charge on any atom is 0.407 e. The molecule has 2 aromatic heterocycles. The van der Waals surface area contributed by atoms with E-state index in [2.05, 4.69) is 41.0 Å². The van der Waals surface area contributed by atoms with Crippen molar-refractivity contribution in [2.75, 3.05) is 31.8 Å². The number of anilines is 3. The molecule has 1 saturated carbocycles. The van der Waals surface area contributed by atoms with Crippen LogP contribution in [-0.2, 0) is 16.1 Å². The third kappa shape index (κ3) is 5.48. The predicted octanol–water partition coefficient (Wildman–Crippen LogP) is 1.84. The Balaban J connectivity index is 1.66. The molecule has 36 heavy (non-hydrogen) atoms. The first kappa shape index (κ1) is 20.6. The summed E-state index contributed by atoms with van der Waals surface area (Å²) >= 11 is 0. The van der Waals surface area contributed by atoms with Crippen LogP contribution in [-0.4, -0.2) is 59.4 Å². The first-order chi connectivity index (χ1) is 18.6. The van der Waals surface area contributed by atoms with Gasteiger partial charge in [0.25, 0.3) is 5.91 Å². The van der Waals surface area contributed by atoms with Crippen molar-refractivity contribution in [2.45, 2.75) is 19.4 Å². The lowest BCUT2D eigenvalue weighted by Gasteiger charge is -2.16. The molecule has 14 nitrogen and oxygen atoms in total. The summed E-state index contributed by atoms with van der Waals surface area (Å²) in [5.41, 5.74) is 0.431. The number of amides is 3. The van der Waals surface area contributed by atoms with E-state index in [0.717, 1.165) is 12.8 Å². The van der Waals surface area contributed by atoms with Crippen molar-refractivity contribution in [3.8, 4) is 17.1 Å². The number of methoxy groups -OCH3 is 2. The molecule has 1 aromatic carbocycles. The number of rotatable bonds is 9. The van der Waals surface area contributed by atoms with Gasteiger partial charge in [-0.15, -0.1) is 10.2 Å². The molecule has 1 aliphatic rings. The molecule has 2 heterocycles. The summed E-state index contributed by atoms with van der Waals surface area (Å²) in [6.45, 7) is -2.84. The Morgan fingerprint density at radius 3 is 2.75 bits per heavy atom. The quantitative estimate of drug-likeness (QED) is 0.337. The molecule has 4 N–H and O–H groups in total. The smallest absolute Gasteiger partial charge is 0.407 e. The molecule has 0 radical (unpaired) electrons. The van der Waals surface area contributed by atoms with Gasteiger partial charge in [-0.05, 0) is 25.0 Å². The average molecular weight is 500 g/mol. The minimum absolute atomic E-state index is 0.0457. The zero-order chi connectivity index (χ0) is 28.2. The Labute approximate surface area is 209 Å². The van der Waals surface area contributed by atoms with E-state index in [1.54, 1.807) is 18.2 Å². The Hall–Kier alpha value is -4.75. The molecule has 3 aromatic rings. The monoisotopic (exact) mass is 499 g/mol. The Morgan fingerprint density at radius 1 is 1.19 bits per heavy atom. The minimum Gasteiger partial charge on any atom is -0.494 e. The van der Waals surface area contributed by atoms with Crippen molar-refractivity contribution < 1.29 is 32.5 Å². The number of ether oxygens (including phenoxy) is 2. The molecular weight excluding hydrogens is 472 g/mol. The lowest BCUT2D eigenvalue weighted by atomic mass is 10.1. The van der Waals surface area contributed by atoms with E-state index >= 15 is 0 Å². The van der Waals surface area contributed by atoms with E-state index in [0.29, 0.717) is 11.3 Å². The van der Waals surface area contributed by atoms with Crippen molar-refractivity contribution in [1.82, 2.24) is 31.0 Å². The maximum atomic E-state index is 12.7.